The average Bonchev–Trinajstić information content (AvgIpc) is 3.12. The first-order chi connectivity index (χ1) is 12.2. The van der Waals surface area contributed by atoms with Gasteiger partial charge in [0, 0.05) is 33.2 Å². The molecule has 1 amide bonds. The smallest absolute Gasteiger partial charge is 0.243 e. The van der Waals surface area contributed by atoms with Crippen LogP contribution >= 0.6 is 0 Å². The average molecular weight is 338 g/mol. The van der Waals surface area contributed by atoms with Crippen molar-refractivity contribution in [1.29, 1.82) is 0 Å². The van der Waals surface area contributed by atoms with Gasteiger partial charge in [-0.2, -0.15) is 0 Å². The van der Waals surface area contributed by atoms with Crippen LogP contribution in [0.1, 0.15) is 29.7 Å². The fourth-order valence-electron chi connectivity index (χ4n) is 3.37. The summed E-state index contributed by atoms with van der Waals surface area (Å²) in [6, 6.07) is 19.9. The van der Waals surface area contributed by atoms with Crippen molar-refractivity contribution >= 4 is 5.91 Å². The summed E-state index contributed by atoms with van der Waals surface area (Å²) in [4.78, 5) is 14.3. The van der Waals surface area contributed by atoms with Gasteiger partial charge in [0.1, 0.15) is 6.04 Å². The Labute approximate surface area is 149 Å². The van der Waals surface area contributed by atoms with Crippen molar-refractivity contribution in [1.82, 2.24) is 10.2 Å². The third-order valence-electron chi connectivity index (χ3n) is 4.75. The van der Waals surface area contributed by atoms with Crippen molar-refractivity contribution in [2.75, 3.05) is 27.2 Å². The first-order valence-electron chi connectivity index (χ1n) is 8.83. The summed E-state index contributed by atoms with van der Waals surface area (Å²) in [6.07, 6.45) is 1.10. The second kappa shape index (κ2) is 8.28. The summed E-state index contributed by atoms with van der Waals surface area (Å²) in [7, 11) is 3.59. The van der Waals surface area contributed by atoms with Gasteiger partial charge in [-0.25, -0.2) is 0 Å². The van der Waals surface area contributed by atoms with E-state index in [1.54, 1.807) is 19.0 Å². The minimum Gasteiger partial charge on any atom is -0.373 e. The summed E-state index contributed by atoms with van der Waals surface area (Å²) < 4.78 is 5.96. The number of amides is 1. The lowest BCUT2D eigenvalue weighted by Gasteiger charge is -2.25. The first-order valence-corrected chi connectivity index (χ1v) is 8.83. The normalized spacial score (nSPS) is 21.0. The molecule has 1 saturated heterocycles. The van der Waals surface area contributed by atoms with Crippen LogP contribution in [-0.4, -0.2) is 38.1 Å². The molecule has 4 nitrogen and oxygen atoms in total. The molecule has 1 aliphatic rings. The van der Waals surface area contributed by atoms with Crippen LogP contribution in [0, 0.1) is 5.92 Å². The maximum atomic E-state index is 12.6. The topological polar surface area (TPSA) is 41.6 Å². The van der Waals surface area contributed by atoms with Crippen molar-refractivity contribution in [2.45, 2.75) is 18.6 Å². The van der Waals surface area contributed by atoms with Gasteiger partial charge in [0.2, 0.25) is 5.91 Å². The van der Waals surface area contributed by atoms with E-state index in [2.05, 4.69) is 17.4 Å². The number of hydrogen-bond donors (Lipinski definition) is 1. The maximum Gasteiger partial charge on any atom is 0.243 e. The van der Waals surface area contributed by atoms with E-state index in [4.69, 9.17) is 4.74 Å². The Morgan fingerprint density at radius 3 is 2.40 bits per heavy atom. The molecule has 0 spiro atoms. The third-order valence-corrected chi connectivity index (χ3v) is 4.75. The Morgan fingerprint density at radius 1 is 1.12 bits per heavy atom. The number of hydrogen-bond acceptors (Lipinski definition) is 3. The highest BCUT2D eigenvalue weighted by Crippen LogP contribution is 2.34. The lowest BCUT2D eigenvalue weighted by Crippen LogP contribution is -2.39. The summed E-state index contributed by atoms with van der Waals surface area (Å²) in [5.74, 6) is 0.435. The number of nitrogens with one attached hydrogen (secondary N) is 1. The molecule has 0 saturated carbocycles. The zero-order valence-electron chi connectivity index (χ0n) is 14.9. The number of ether oxygens (including phenoxy) is 1. The van der Waals surface area contributed by atoms with Crippen LogP contribution in [0.2, 0.25) is 0 Å². The molecule has 132 valence electrons. The van der Waals surface area contributed by atoms with Crippen molar-refractivity contribution in [2.24, 2.45) is 5.92 Å². The number of benzene rings is 2. The predicted octanol–water partition coefficient (Wildman–Crippen LogP) is 3.18. The Balaban J connectivity index is 1.71. The van der Waals surface area contributed by atoms with Crippen molar-refractivity contribution < 1.29 is 9.53 Å². The molecule has 0 aliphatic carbocycles. The van der Waals surface area contributed by atoms with Gasteiger partial charge in [0.05, 0.1) is 6.10 Å². The molecule has 4 heteroatoms. The molecular formula is C21H26N2O2. The number of carbonyl (C=O) groups excluding carboxylic acids is 1. The van der Waals surface area contributed by atoms with Gasteiger partial charge in [0.15, 0.2) is 0 Å². The molecule has 0 radical (unpaired) electrons. The summed E-state index contributed by atoms with van der Waals surface area (Å²) in [5.41, 5.74) is 2.21. The van der Waals surface area contributed by atoms with Gasteiger partial charge >= 0.3 is 0 Å². The monoisotopic (exact) mass is 338 g/mol. The Kier molecular flexibility index (Phi) is 5.84. The van der Waals surface area contributed by atoms with Gasteiger partial charge in [0.25, 0.3) is 0 Å². The molecule has 1 heterocycles. The van der Waals surface area contributed by atoms with Crippen LogP contribution in [0.15, 0.2) is 60.7 Å². The maximum absolute atomic E-state index is 12.6. The molecule has 1 N–H and O–H groups in total. The predicted molar refractivity (Wildman–Crippen MR) is 99.1 cm³/mol. The largest absolute Gasteiger partial charge is 0.373 e. The molecule has 2 aromatic carbocycles. The lowest BCUT2D eigenvalue weighted by molar-refractivity contribution is -0.131. The van der Waals surface area contributed by atoms with E-state index < -0.39 is 0 Å². The van der Waals surface area contributed by atoms with Crippen LogP contribution in [0.25, 0.3) is 0 Å². The highest BCUT2D eigenvalue weighted by Gasteiger charge is 2.31. The molecule has 3 atom stereocenters. The van der Waals surface area contributed by atoms with Crippen molar-refractivity contribution in [3.63, 3.8) is 0 Å². The Morgan fingerprint density at radius 2 is 1.76 bits per heavy atom. The van der Waals surface area contributed by atoms with E-state index in [1.807, 2.05) is 48.5 Å². The zero-order chi connectivity index (χ0) is 17.6. The van der Waals surface area contributed by atoms with Gasteiger partial charge in [-0.15, -0.1) is 0 Å². The minimum absolute atomic E-state index is 0.0707. The van der Waals surface area contributed by atoms with Crippen LogP contribution < -0.4 is 5.32 Å². The van der Waals surface area contributed by atoms with Crippen LogP contribution in [0.4, 0.5) is 0 Å². The summed E-state index contributed by atoms with van der Waals surface area (Å²) in [6.45, 7) is 1.52. The minimum atomic E-state index is -0.326. The van der Waals surface area contributed by atoms with E-state index in [-0.39, 0.29) is 18.1 Å². The summed E-state index contributed by atoms with van der Waals surface area (Å²) in [5, 5.41) is 3.49. The fourth-order valence-corrected chi connectivity index (χ4v) is 3.37. The first kappa shape index (κ1) is 17.6. The van der Waals surface area contributed by atoms with Crippen molar-refractivity contribution in [3.8, 4) is 0 Å². The number of carbonyl (C=O) groups is 1. The van der Waals surface area contributed by atoms with E-state index in [0.29, 0.717) is 5.92 Å². The Bertz CT molecular complexity index is 673. The molecular weight excluding hydrogens is 312 g/mol. The van der Waals surface area contributed by atoms with Gasteiger partial charge in [-0.1, -0.05) is 60.7 Å². The third kappa shape index (κ3) is 4.27. The van der Waals surface area contributed by atoms with Gasteiger partial charge < -0.3 is 15.0 Å². The van der Waals surface area contributed by atoms with E-state index >= 15 is 0 Å². The number of rotatable bonds is 6. The molecule has 0 bridgehead atoms. The summed E-state index contributed by atoms with van der Waals surface area (Å²) >= 11 is 0. The van der Waals surface area contributed by atoms with E-state index in [9.17, 15) is 4.79 Å². The van der Waals surface area contributed by atoms with Crippen LogP contribution in [-0.2, 0) is 9.53 Å². The van der Waals surface area contributed by atoms with E-state index in [0.717, 1.165) is 25.1 Å². The van der Waals surface area contributed by atoms with Gasteiger partial charge in [-0.05, 0) is 17.5 Å². The zero-order valence-corrected chi connectivity index (χ0v) is 14.9. The second-order valence-corrected chi connectivity index (χ2v) is 6.74. The number of likely N-dealkylation sites (N-methyl/N-ethyl adjacent to an activating group) is 1. The molecule has 25 heavy (non-hydrogen) atoms. The SMILES string of the molecule is CN(C)C(=O)[C@H](NC[C@H]1CCO[C@@H]1c1ccccc1)c1ccccc1. The molecule has 1 aliphatic heterocycles. The molecule has 3 rings (SSSR count). The fraction of sp³-hybridized carbons (Fsp3) is 0.381. The van der Waals surface area contributed by atoms with Crippen molar-refractivity contribution in [3.05, 3.63) is 71.8 Å². The standard InChI is InChI=1S/C21H26N2O2/c1-23(2)21(24)19(16-9-5-3-6-10-16)22-15-18-13-14-25-20(18)17-11-7-4-8-12-17/h3-12,18-20,22H,13-15H2,1-2H3/t18-,19-,20-/m1/s1. The number of nitrogens with zero attached hydrogens (tertiary/aromatic N) is 1. The van der Waals surface area contributed by atoms with Crippen LogP contribution in [0.3, 0.4) is 0 Å². The van der Waals surface area contributed by atoms with Gasteiger partial charge in [-0.3, -0.25) is 4.79 Å². The van der Waals surface area contributed by atoms with E-state index in [1.165, 1.54) is 5.56 Å². The second-order valence-electron chi connectivity index (χ2n) is 6.74. The lowest BCUT2D eigenvalue weighted by atomic mass is 9.94. The molecule has 2 aromatic rings. The highest BCUT2D eigenvalue weighted by molar-refractivity contribution is 5.82. The van der Waals surface area contributed by atoms with Crippen LogP contribution in [0.5, 0.6) is 0 Å². The molecule has 1 fully saturated rings. The molecule has 0 unspecified atom stereocenters. The molecule has 0 aromatic heterocycles. The Hall–Kier alpha value is -2.17. The quantitative estimate of drug-likeness (QED) is 0.879. The highest BCUT2D eigenvalue weighted by atomic mass is 16.5.